The van der Waals surface area contributed by atoms with Crippen LogP contribution in [-0.4, -0.2) is 15.9 Å². The van der Waals surface area contributed by atoms with E-state index in [0.717, 1.165) is 0 Å². The quantitative estimate of drug-likeness (QED) is 0.770. The van der Waals surface area contributed by atoms with Gasteiger partial charge in [-0.25, -0.2) is 9.97 Å². The maximum Gasteiger partial charge on any atom is 0.255 e. The van der Waals surface area contributed by atoms with E-state index >= 15 is 0 Å². The van der Waals surface area contributed by atoms with E-state index in [1.807, 2.05) is 12.1 Å². The summed E-state index contributed by atoms with van der Waals surface area (Å²) in [5, 5.41) is 14.7. The molecule has 0 fully saturated rings. The van der Waals surface area contributed by atoms with E-state index in [0.29, 0.717) is 28.5 Å². The van der Waals surface area contributed by atoms with Gasteiger partial charge in [-0.3, -0.25) is 4.79 Å². The van der Waals surface area contributed by atoms with E-state index in [-0.39, 0.29) is 5.91 Å². The second-order valence-corrected chi connectivity index (χ2v) is 4.92. The Morgan fingerprint density at radius 1 is 0.958 bits per heavy atom. The summed E-state index contributed by atoms with van der Waals surface area (Å²) in [5.74, 6) is 0.194. The zero-order valence-electron chi connectivity index (χ0n) is 12.6. The molecule has 2 N–H and O–H groups in total. The molecule has 0 aliphatic carbocycles. The Hall–Kier alpha value is -3.72. The molecule has 0 atom stereocenters. The Bertz CT molecular complexity index is 903. The number of carbonyl (C=O) groups excluding carboxylic acids is 1. The number of rotatable bonds is 4. The molecule has 6 nitrogen and oxygen atoms in total. The molecule has 0 radical (unpaired) electrons. The predicted molar refractivity (Wildman–Crippen MR) is 90.9 cm³/mol. The Morgan fingerprint density at radius 2 is 1.71 bits per heavy atom. The van der Waals surface area contributed by atoms with E-state index in [2.05, 4.69) is 20.6 Å². The molecule has 2 aromatic carbocycles. The molecule has 24 heavy (non-hydrogen) atoms. The summed E-state index contributed by atoms with van der Waals surface area (Å²) in [5.41, 5.74) is 2.26. The normalized spacial score (nSPS) is 9.79. The van der Waals surface area contributed by atoms with Gasteiger partial charge in [0.1, 0.15) is 0 Å². The number of carbonyl (C=O) groups is 1. The molecule has 0 unspecified atom stereocenters. The van der Waals surface area contributed by atoms with Gasteiger partial charge in [0, 0.05) is 29.3 Å². The first-order valence-electron chi connectivity index (χ1n) is 7.20. The smallest absolute Gasteiger partial charge is 0.255 e. The van der Waals surface area contributed by atoms with E-state index in [4.69, 9.17) is 5.26 Å². The molecule has 0 bridgehead atoms. The van der Waals surface area contributed by atoms with Crippen molar-refractivity contribution < 1.29 is 4.79 Å². The number of nitriles is 1. The van der Waals surface area contributed by atoms with Crippen LogP contribution in [0.1, 0.15) is 15.9 Å². The van der Waals surface area contributed by atoms with E-state index in [9.17, 15) is 4.79 Å². The van der Waals surface area contributed by atoms with Gasteiger partial charge in [0.05, 0.1) is 11.6 Å². The maximum atomic E-state index is 12.4. The van der Waals surface area contributed by atoms with Crippen molar-refractivity contribution in [2.75, 3.05) is 10.6 Å². The number of benzene rings is 2. The van der Waals surface area contributed by atoms with Gasteiger partial charge in [-0.2, -0.15) is 5.26 Å². The number of hydrogen-bond acceptors (Lipinski definition) is 5. The Kier molecular flexibility index (Phi) is 4.45. The first kappa shape index (κ1) is 15.2. The molecule has 0 aliphatic rings. The second kappa shape index (κ2) is 7.03. The highest BCUT2D eigenvalue weighted by Crippen LogP contribution is 2.16. The Balaban J connectivity index is 1.75. The van der Waals surface area contributed by atoms with Crippen LogP contribution < -0.4 is 10.6 Å². The zero-order chi connectivity index (χ0) is 16.8. The lowest BCUT2D eigenvalue weighted by Gasteiger charge is -2.08. The minimum Gasteiger partial charge on any atom is -0.324 e. The summed E-state index contributed by atoms with van der Waals surface area (Å²) in [4.78, 5) is 20.5. The minimum atomic E-state index is -0.261. The van der Waals surface area contributed by atoms with Crippen LogP contribution in [0.3, 0.4) is 0 Å². The van der Waals surface area contributed by atoms with Crippen LogP contribution in [0.2, 0.25) is 0 Å². The highest BCUT2D eigenvalue weighted by Gasteiger charge is 2.08. The predicted octanol–water partition coefficient (Wildman–Crippen LogP) is 3.34. The lowest BCUT2D eigenvalue weighted by Crippen LogP contribution is -2.12. The number of aromatic nitrogens is 2. The second-order valence-electron chi connectivity index (χ2n) is 4.92. The molecule has 3 aromatic rings. The van der Waals surface area contributed by atoms with E-state index < -0.39 is 0 Å². The van der Waals surface area contributed by atoms with Gasteiger partial charge in [0.2, 0.25) is 5.95 Å². The molecule has 6 heteroatoms. The number of anilines is 3. The van der Waals surface area contributed by atoms with Crippen LogP contribution in [0.25, 0.3) is 0 Å². The lowest BCUT2D eigenvalue weighted by molar-refractivity contribution is 0.102. The van der Waals surface area contributed by atoms with Gasteiger partial charge in [0.25, 0.3) is 5.91 Å². The Labute approximate surface area is 138 Å². The van der Waals surface area contributed by atoms with Gasteiger partial charge in [0.15, 0.2) is 0 Å². The van der Waals surface area contributed by atoms with Crippen LogP contribution >= 0.6 is 0 Å². The summed E-state index contributed by atoms with van der Waals surface area (Å²) in [6.07, 6.45) is 3.27. The van der Waals surface area contributed by atoms with Crippen LogP contribution in [-0.2, 0) is 0 Å². The van der Waals surface area contributed by atoms with Crippen LogP contribution in [0.5, 0.6) is 0 Å². The number of nitrogens with one attached hydrogen (secondary N) is 2. The first-order chi connectivity index (χ1) is 11.7. The maximum absolute atomic E-state index is 12.4. The fourth-order valence-electron chi connectivity index (χ4n) is 2.10. The standard InChI is InChI=1S/C18H13N5O/c19-12-13-4-1-6-15(10-13)22-17(24)14-5-2-7-16(11-14)23-18-20-8-3-9-21-18/h1-11H,(H,22,24)(H,20,21,23). The van der Waals surface area contributed by atoms with Crippen molar-refractivity contribution in [2.24, 2.45) is 0 Å². The topological polar surface area (TPSA) is 90.7 Å². The number of amides is 1. The SMILES string of the molecule is N#Cc1cccc(NC(=O)c2cccc(Nc3ncccn3)c2)c1. The third-order valence-corrected chi connectivity index (χ3v) is 3.20. The van der Waals surface area contributed by atoms with Gasteiger partial charge in [-0.1, -0.05) is 12.1 Å². The van der Waals surface area contributed by atoms with Crippen molar-refractivity contribution in [2.45, 2.75) is 0 Å². The number of hydrogen-bond donors (Lipinski definition) is 2. The summed E-state index contributed by atoms with van der Waals surface area (Å²) >= 11 is 0. The van der Waals surface area contributed by atoms with Gasteiger partial charge in [-0.15, -0.1) is 0 Å². The summed E-state index contributed by atoms with van der Waals surface area (Å²) in [7, 11) is 0. The molecular formula is C18H13N5O. The number of nitrogens with zero attached hydrogens (tertiary/aromatic N) is 3. The van der Waals surface area contributed by atoms with Crippen molar-refractivity contribution >= 4 is 23.2 Å². The third kappa shape index (κ3) is 3.72. The van der Waals surface area contributed by atoms with Gasteiger partial charge < -0.3 is 10.6 Å². The molecule has 0 aliphatic heterocycles. The van der Waals surface area contributed by atoms with Crippen molar-refractivity contribution in [3.63, 3.8) is 0 Å². The van der Waals surface area contributed by atoms with Gasteiger partial charge in [-0.05, 0) is 42.5 Å². The van der Waals surface area contributed by atoms with Crippen molar-refractivity contribution in [3.05, 3.63) is 78.1 Å². The highest BCUT2D eigenvalue weighted by atomic mass is 16.1. The van der Waals surface area contributed by atoms with Crippen LogP contribution in [0.15, 0.2) is 67.0 Å². The Morgan fingerprint density at radius 3 is 2.50 bits per heavy atom. The molecule has 116 valence electrons. The van der Waals surface area contributed by atoms with Crippen molar-refractivity contribution in [1.29, 1.82) is 5.26 Å². The third-order valence-electron chi connectivity index (χ3n) is 3.20. The minimum absolute atomic E-state index is 0.261. The van der Waals surface area contributed by atoms with E-state index in [1.165, 1.54) is 0 Å². The largest absolute Gasteiger partial charge is 0.324 e. The molecule has 1 amide bonds. The molecule has 3 rings (SSSR count). The lowest BCUT2D eigenvalue weighted by atomic mass is 10.1. The zero-order valence-corrected chi connectivity index (χ0v) is 12.6. The molecular weight excluding hydrogens is 302 g/mol. The monoisotopic (exact) mass is 315 g/mol. The van der Waals surface area contributed by atoms with Crippen LogP contribution in [0.4, 0.5) is 17.3 Å². The molecule has 0 saturated carbocycles. The molecule has 0 spiro atoms. The molecule has 0 saturated heterocycles. The fourth-order valence-corrected chi connectivity index (χ4v) is 2.10. The summed E-state index contributed by atoms with van der Waals surface area (Å²) in [6, 6.07) is 17.5. The average molecular weight is 315 g/mol. The molecule has 1 aromatic heterocycles. The summed E-state index contributed by atoms with van der Waals surface area (Å²) in [6.45, 7) is 0. The average Bonchev–Trinajstić information content (AvgIpc) is 2.63. The first-order valence-corrected chi connectivity index (χ1v) is 7.20. The highest BCUT2D eigenvalue weighted by molar-refractivity contribution is 6.04. The van der Waals surface area contributed by atoms with Crippen molar-refractivity contribution in [1.82, 2.24) is 9.97 Å². The molecule has 1 heterocycles. The fraction of sp³-hybridized carbons (Fsp3) is 0. The van der Waals surface area contributed by atoms with Gasteiger partial charge >= 0.3 is 0 Å². The van der Waals surface area contributed by atoms with E-state index in [1.54, 1.807) is 60.9 Å². The summed E-state index contributed by atoms with van der Waals surface area (Å²) < 4.78 is 0. The van der Waals surface area contributed by atoms with Crippen molar-refractivity contribution in [3.8, 4) is 6.07 Å². The van der Waals surface area contributed by atoms with Crippen LogP contribution in [0, 0.1) is 11.3 Å².